The van der Waals surface area contributed by atoms with Crippen molar-refractivity contribution in [2.75, 3.05) is 18.6 Å². The van der Waals surface area contributed by atoms with Gasteiger partial charge in [0.15, 0.2) is 0 Å². The van der Waals surface area contributed by atoms with Crippen molar-refractivity contribution in [1.82, 2.24) is 0 Å². The SMILES string of the molecule is FCCOc1ccc(C2CCC(CCCBr)CC2)cc1. The van der Waals surface area contributed by atoms with E-state index in [-0.39, 0.29) is 6.61 Å². The Bertz CT molecular complexity index is 371. The number of alkyl halides is 2. The maximum Gasteiger partial charge on any atom is 0.123 e. The lowest BCUT2D eigenvalue weighted by molar-refractivity contribution is 0.273. The fraction of sp³-hybridized carbons (Fsp3) is 0.647. The number of halogens is 2. The fourth-order valence-corrected chi connectivity index (χ4v) is 3.47. The normalized spacial score (nSPS) is 22.7. The minimum atomic E-state index is -0.430. The summed E-state index contributed by atoms with van der Waals surface area (Å²) in [6, 6.07) is 8.25. The third-order valence-electron chi connectivity index (χ3n) is 4.29. The Morgan fingerprint density at radius 3 is 2.40 bits per heavy atom. The van der Waals surface area contributed by atoms with Gasteiger partial charge >= 0.3 is 0 Å². The zero-order valence-electron chi connectivity index (χ0n) is 12.0. The van der Waals surface area contributed by atoms with Crippen LogP contribution in [0.5, 0.6) is 5.75 Å². The molecule has 0 radical (unpaired) electrons. The van der Waals surface area contributed by atoms with Crippen LogP contribution >= 0.6 is 15.9 Å². The van der Waals surface area contributed by atoms with Gasteiger partial charge in [-0.05, 0) is 68.1 Å². The van der Waals surface area contributed by atoms with E-state index in [9.17, 15) is 4.39 Å². The highest BCUT2D eigenvalue weighted by molar-refractivity contribution is 9.09. The van der Waals surface area contributed by atoms with Crippen LogP contribution in [0, 0.1) is 5.92 Å². The highest BCUT2D eigenvalue weighted by Gasteiger charge is 2.21. The van der Waals surface area contributed by atoms with E-state index in [1.54, 1.807) is 0 Å². The zero-order valence-corrected chi connectivity index (χ0v) is 13.6. The molecule has 1 saturated carbocycles. The quantitative estimate of drug-likeness (QED) is 0.596. The van der Waals surface area contributed by atoms with Crippen LogP contribution in [0.15, 0.2) is 24.3 Å². The summed E-state index contributed by atoms with van der Waals surface area (Å²) in [5.41, 5.74) is 1.41. The van der Waals surface area contributed by atoms with Gasteiger partial charge in [0.2, 0.25) is 0 Å². The molecule has 0 heterocycles. The Morgan fingerprint density at radius 2 is 1.80 bits per heavy atom. The van der Waals surface area contributed by atoms with E-state index in [4.69, 9.17) is 4.74 Å². The lowest BCUT2D eigenvalue weighted by Gasteiger charge is -2.28. The molecule has 0 unspecified atom stereocenters. The Kier molecular flexibility index (Phi) is 6.85. The van der Waals surface area contributed by atoms with Crippen molar-refractivity contribution in [3.8, 4) is 5.75 Å². The lowest BCUT2D eigenvalue weighted by atomic mass is 9.77. The largest absolute Gasteiger partial charge is 0.491 e. The van der Waals surface area contributed by atoms with Crippen LogP contribution in [0.3, 0.4) is 0 Å². The van der Waals surface area contributed by atoms with Crippen molar-refractivity contribution in [3.63, 3.8) is 0 Å². The maximum atomic E-state index is 12.0. The van der Waals surface area contributed by atoms with Crippen molar-refractivity contribution >= 4 is 15.9 Å². The summed E-state index contributed by atoms with van der Waals surface area (Å²) in [4.78, 5) is 0. The first-order chi connectivity index (χ1) is 9.83. The monoisotopic (exact) mass is 342 g/mol. The molecule has 0 spiro atoms. The predicted octanol–water partition coefficient (Wildman–Crippen LogP) is 5.48. The van der Waals surface area contributed by atoms with Crippen molar-refractivity contribution in [2.45, 2.75) is 44.4 Å². The first-order valence-corrected chi connectivity index (χ1v) is 8.80. The van der Waals surface area contributed by atoms with Gasteiger partial charge < -0.3 is 4.74 Å². The molecule has 20 heavy (non-hydrogen) atoms. The number of ether oxygens (including phenoxy) is 1. The minimum absolute atomic E-state index is 0.151. The summed E-state index contributed by atoms with van der Waals surface area (Å²) in [5.74, 6) is 2.40. The minimum Gasteiger partial charge on any atom is -0.491 e. The molecule has 0 aliphatic heterocycles. The molecule has 0 saturated heterocycles. The Morgan fingerprint density at radius 1 is 1.10 bits per heavy atom. The molecule has 0 aromatic heterocycles. The summed E-state index contributed by atoms with van der Waals surface area (Å²) in [7, 11) is 0. The standard InChI is InChI=1S/C17H24BrFO/c18-11-1-2-14-3-5-15(6-4-14)16-7-9-17(10-8-16)20-13-12-19/h7-10,14-15H,1-6,11-13H2. The van der Waals surface area contributed by atoms with Gasteiger partial charge in [0.25, 0.3) is 0 Å². The molecule has 112 valence electrons. The van der Waals surface area contributed by atoms with Crippen molar-refractivity contribution in [2.24, 2.45) is 5.92 Å². The summed E-state index contributed by atoms with van der Waals surface area (Å²) in [6.45, 7) is -0.280. The first-order valence-electron chi connectivity index (χ1n) is 7.68. The predicted molar refractivity (Wildman–Crippen MR) is 85.6 cm³/mol. The second-order valence-electron chi connectivity index (χ2n) is 5.66. The first kappa shape index (κ1) is 15.8. The number of hydrogen-bond donors (Lipinski definition) is 0. The molecule has 1 aromatic carbocycles. The molecule has 1 nitrogen and oxygen atoms in total. The van der Waals surface area contributed by atoms with Crippen LogP contribution < -0.4 is 4.74 Å². The van der Waals surface area contributed by atoms with Gasteiger partial charge in [-0.1, -0.05) is 28.1 Å². The van der Waals surface area contributed by atoms with Crippen LogP contribution in [0.25, 0.3) is 0 Å². The zero-order chi connectivity index (χ0) is 14.2. The van der Waals surface area contributed by atoms with E-state index in [0.29, 0.717) is 5.92 Å². The number of benzene rings is 1. The fourth-order valence-electron chi connectivity index (χ4n) is 3.14. The van der Waals surface area contributed by atoms with Crippen LogP contribution in [-0.2, 0) is 0 Å². The second kappa shape index (κ2) is 8.66. The van der Waals surface area contributed by atoms with Gasteiger partial charge in [-0.25, -0.2) is 4.39 Å². The topological polar surface area (TPSA) is 9.23 Å². The Labute approximate surface area is 130 Å². The summed E-state index contributed by atoms with van der Waals surface area (Å²) in [5, 5.41) is 1.13. The van der Waals surface area contributed by atoms with Crippen molar-refractivity contribution < 1.29 is 9.13 Å². The summed E-state index contributed by atoms with van der Waals surface area (Å²) in [6.07, 6.45) is 7.99. The van der Waals surface area contributed by atoms with E-state index in [0.717, 1.165) is 17.0 Å². The molecule has 0 bridgehead atoms. The molecule has 0 N–H and O–H groups in total. The van der Waals surface area contributed by atoms with Crippen molar-refractivity contribution in [3.05, 3.63) is 29.8 Å². The van der Waals surface area contributed by atoms with Gasteiger partial charge in [-0.2, -0.15) is 0 Å². The second-order valence-corrected chi connectivity index (χ2v) is 6.45. The van der Waals surface area contributed by atoms with E-state index in [1.165, 1.54) is 44.1 Å². The van der Waals surface area contributed by atoms with E-state index >= 15 is 0 Å². The molecule has 1 aromatic rings. The van der Waals surface area contributed by atoms with Crippen LogP contribution in [0.1, 0.15) is 50.0 Å². The molecule has 1 aliphatic rings. The van der Waals surface area contributed by atoms with E-state index in [1.807, 2.05) is 12.1 Å². The summed E-state index contributed by atoms with van der Waals surface area (Å²) >= 11 is 3.51. The molecule has 2 rings (SSSR count). The highest BCUT2D eigenvalue weighted by atomic mass is 79.9. The molecular formula is C17H24BrFO. The van der Waals surface area contributed by atoms with Crippen LogP contribution in [0.2, 0.25) is 0 Å². The average Bonchev–Trinajstić information content (AvgIpc) is 2.52. The Hall–Kier alpha value is -0.570. The molecular weight excluding hydrogens is 319 g/mol. The van der Waals surface area contributed by atoms with Gasteiger partial charge in [0.05, 0.1) is 0 Å². The number of rotatable bonds is 7. The third kappa shape index (κ3) is 4.76. The molecule has 1 fully saturated rings. The lowest BCUT2D eigenvalue weighted by Crippen LogP contribution is -2.13. The molecule has 1 aliphatic carbocycles. The van der Waals surface area contributed by atoms with Gasteiger partial charge in [-0.15, -0.1) is 0 Å². The molecule has 0 atom stereocenters. The van der Waals surface area contributed by atoms with Gasteiger partial charge in [-0.3, -0.25) is 0 Å². The van der Waals surface area contributed by atoms with E-state index in [2.05, 4.69) is 28.1 Å². The maximum absolute atomic E-state index is 12.0. The smallest absolute Gasteiger partial charge is 0.123 e. The van der Waals surface area contributed by atoms with Crippen LogP contribution in [-0.4, -0.2) is 18.6 Å². The van der Waals surface area contributed by atoms with E-state index < -0.39 is 6.67 Å². The third-order valence-corrected chi connectivity index (χ3v) is 4.85. The average molecular weight is 343 g/mol. The molecule has 3 heteroatoms. The molecule has 0 amide bonds. The van der Waals surface area contributed by atoms with Crippen molar-refractivity contribution in [1.29, 1.82) is 0 Å². The number of hydrogen-bond acceptors (Lipinski definition) is 1. The van der Waals surface area contributed by atoms with Crippen LogP contribution in [0.4, 0.5) is 4.39 Å². The Balaban J connectivity index is 1.81. The van der Waals surface area contributed by atoms with Gasteiger partial charge in [0.1, 0.15) is 19.0 Å². The summed E-state index contributed by atoms with van der Waals surface area (Å²) < 4.78 is 17.3. The van der Waals surface area contributed by atoms with Gasteiger partial charge in [0, 0.05) is 5.33 Å². The highest BCUT2D eigenvalue weighted by Crippen LogP contribution is 2.37.